The maximum atomic E-state index is 12.2. The fourth-order valence-electron chi connectivity index (χ4n) is 2.59. The average molecular weight is 371 g/mol. The Bertz CT molecular complexity index is 896. The zero-order chi connectivity index (χ0) is 18.4. The number of benzene rings is 1. The summed E-state index contributed by atoms with van der Waals surface area (Å²) in [6.45, 7) is 3.38. The summed E-state index contributed by atoms with van der Waals surface area (Å²) < 4.78 is 3.98. The van der Waals surface area contributed by atoms with Crippen molar-refractivity contribution >= 4 is 18.1 Å². The van der Waals surface area contributed by atoms with E-state index in [4.69, 9.17) is 12.2 Å². The molecule has 1 amide bonds. The van der Waals surface area contributed by atoms with Crippen LogP contribution in [0.25, 0.3) is 0 Å². The molecule has 0 bridgehead atoms. The number of aromatic nitrogens is 6. The van der Waals surface area contributed by atoms with E-state index in [-0.39, 0.29) is 12.5 Å². The van der Waals surface area contributed by atoms with Crippen LogP contribution in [-0.4, -0.2) is 35.4 Å². The minimum atomic E-state index is -0.0912. The van der Waals surface area contributed by atoms with Crippen LogP contribution in [0.5, 0.6) is 0 Å². The van der Waals surface area contributed by atoms with Crippen molar-refractivity contribution in [3.8, 4) is 0 Å². The number of carbonyl (C=O) groups excluding carboxylic acids is 1. The smallest absolute Gasteiger partial charge is 0.240 e. The first-order valence-corrected chi connectivity index (χ1v) is 8.87. The molecule has 3 rings (SSSR count). The number of nitrogens with one attached hydrogen (secondary N) is 2. The third-order valence-electron chi connectivity index (χ3n) is 3.94. The van der Waals surface area contributed by atoms with Gasteiger partial charge in [-0.15, -0.1) is 0 Å². The largest absolute Gasteiger partial charge is 0.350 e. The van der Waals surface area contributed by atoms with Gasteiger partial charge in [-0.1, -0.05) is 31.2 Å². The maximum Gasteiger partial charge on any atom is 0.240 e. The Morgan fingerprint density at radius 2 is 2.04 bits per heavy atom. The molecule has 136 valence electrons. The topological polar surface area (TPSA) is 93.4 Å². The van der Waals surface area contributed by atoms with Crippen molar-refractivity contribution in [2.24, 2.45) is 0 Å². The quantitative estimate of drug-likeness (QED) is 0.590. The lowest BCUT2D eigenvalue weighted by Gasteiger charge is -2.09. The van der Waals surface area contributed by atoms with Gasteiger partial charge in [0, 0.05) is 13.0 Å². The number of rotatable bonds is 8. The van der Waals surface area contributed by atoms with Crippen LogP contribution < -0.4 is 5.32 Å². The Hall–Kier alpha value is -2.81. The number of hydrogen-bond acceptors (Lipinski definition) is 5. The molecule has 2 N–H and O–H groups in total. The SMILES string of the molecule is CCCc1n[nH]c(=S)n1CC(=O)NCc1ccc(Cn2cncn2)cc1. The number of aryl methyl sites for hydroxylation is 1. The molecular formula is C17H21N7OS. The molecule has 26 heavy (non-hydrogen) atoms. The van der Waals surface area contributed by atoms with Crippen molar-refractivity contribution < 1.29 is 4.79 Å². The molecule has 0 radical (unpaired) electrons. The maximum absolute atomic E-state index is 12.2. The van der Waals surface area contributed by atoms with Crippen LogP contribution in [0.1, 0.15) is 30.3 Å². The Morgan fingerprint density at radius 3 is 2.73 bits per heavy atom. The van der Waals surface area contributed by atoms with E-state index >= 15 is 0 Å². The van der Waals surface area contributed by atoms with E-state index in [1.165, 1.54) is 6.33 Å². The molecule has 0 aliphatic rings. The highest BCUT2D eigenvalue weighted by Crippen LogP contribution is 2.06. The van der Waals surface area contributed by atoms with Crippen LogP contribution in [0.4, 0.5) is 0 Å². The summed E-state index contributed by atoms with van der Waals surface area (Å²) in [6, 6.07) is 8.04. The third-order valence-corrected chi connectivity index (χ3v) is 4.25. The summed E-state index contributed by atoms with van der Waals surface area (Å²) in [4.78, 5) is 16.2. The molecule has 0 fully saturated rings. The minimum Gasteiger partial charge on any atom is -0.350 e. The lowest BCUT2D eigenvalue weighted by molar-refractivity contribution is -0.121. The summed E-state index contributed by atoms with van der Waals surface area (Å²) in [7, 11) is 0. The Labute approximate surface area is 156 Å². The number of aromatic amines is 1. The monoisotopic (exact) mass is 371 g/mol. The van der Waals surface area contributed by atoms with E-state index in [1.807, 2.05) is 24.3 Å². The highest BCUT2D eigenvalue weighted by Gasteiger charge is 2.09. The van der Waals surface area contributed by atoms with Crippen LogP contribution in [0.3, 0.4) is 0 Å². The predicted octanol–water partition coefficient (Wildman–Crippen LogP) is 1.85. The molecule has 0 saturated carbocycles. The van der Waals surface area contributed by atoms with E-state index in [2.05, 4.69) is 32.5 Å². The predicted molar refractivity (Wildman–Crippen MR) is 98.8 cm³/mol. The molecule has 9 heteroatoms. The van der Waals surface area contributed by atoms with Gasteiger partial charge in [0.1, 0.15) is 25.0 Å². The van der Waals surface area contributed by atoms with Crippen LogP contribution in [-0.2, 0) is 30.8 Å². The van der Waals surface area contributed by atoms with Gasteiger partial charge in [0.05, 0.1) is 6.54 Å². The zero-order valence-corrected chi connectivity index (χ0v) is 15.4. The van der Waals surface area contributed by atoms with Gasteiger partial charge in [-0.2, -0.15) is 10.2 Å². The summed E-state index contributed by atoms with van der Waals surface area (Å²) in [5.74, 6) is 0.719. The Kier molecular flexibility index (Phi) is 5.90. The van der Waals surface area contributed by atoms with Crippen molar-refractivity contribution in [1.82, 2.24) is 34.8 Å². The lowest BCUT2D eigenvalue weighted by Crippen LogP contribution is -2.27. The van der Waals surface area contributed by atoms with Gasteiger partial charge >= 0.3 is 0 Å². The molecule has 3 aromatic rings. The van der Waals surface area contributed by atoms with Crippen molar-refractivity contribution in [3.63, 3.8) is 0 Å². The lowest BCUT2D eigenvalue weighted by atomic mass is 10.1. The van der Waals surface area contributed by atoms with Crippen LogP contribution in [0.15, 0.2) is 36.9 Å². The van der Waals surface area contributed by atoms with Gasteiger partial charge in [0.2, 0.25) is 5.91 Å². The third kappa shape index (κ3) is 4.63. The summed E-state index contributed by atoms with van der Waals surface area (Å²) >= 11 is 5.20. The molecule has 0 spiro atoms. The first kappa shape index (κ1) is 18.0. The van der Waals surface area contributed by atoms with E-state index < -0.39 is 0 Å². The molecule has 2 aromatic heterocycles. The molecule has 0 saturated heterocycles. The molecule has 8 nitrogen and oxygen atoms in total. The summed E-state index contributed by atoms with van der Waals surface area (Å²) in [5, 5.41) is 13.9. The van der Waals surface area contributed by atoms with Crippen molar-refractivity contribution in [3.05, 3.63) is 58.6 Å². The molecule has 0 aliphatic carbocycles. The number of hydrogen-bond donors (Lipinski definition) is 2. The average Bonchev–Trinajstić information content (AvgIpc) is 3.26. The molecular weight excluding hydrogens is 350 g/mol. The Morgan fingerprint density at radius 1 is 1.27 bits per heavy atom. The normalized spacial score (nSPS) is 10.8. The van der Waals surface area contributed by atoms with Gasteiger partial charge in [0.15, 0.2) is 4.77 Å². The van der Waals surface area contributed by atoms with Crippen LogP contribution >= 0.6 is 12.2 Å². The van der Waals surface area contributed by atoms with Gasteiger partial charge in [-0.05, 0) is 29.8 Å². The Balaban J connectivity index is 1.53. The summed E-state index contributed by atoms with van der Waals surface area (Å²) in [6.07, 6.45) is 4.93. The highest BCUT2D eigenvalue weighted by molar-refractivity contribution is 7.71. The first-order valence-electron chi connectivity index (χ1n) is 8.46. The van der Waals surface area contributed by atoms with Crippen molar-refractivity contribution in [2.45, 2.75) is 39.4 Å². The van der Waals surface area contributed by atoms with Gasteiger partial charge in [-0.25, -0.2) is 9.67 Å². The standard InChI is InChI=1S/C17H21N7OS/c1-2-3-15-21-22-17(26)24(15)10-16(25)19-8-13-4-6-14(7-5-13)9-23-12-18-11-20-23/h4-7,11-12H,2-3,8-10H2,1H3,(H,19,25)(H,22,26). The fraction of sp³-hybridized carbons (Fsp3) is 0.353. The molecule has 2 heterocycles. The van der Waals surface area contributed by atoms with Crippen LogP contribution in [0.2, 0.25) is 0 Å². The van der Waals surface area contributed by atoms with Crippen LogP contribution in [0, 0.1) is 4.77 Å². The van der Waals surface area contributed by atoms with E-state index in [1.54, 1.807) is 15.6 Å². The number of amides is 1. The zero-order valence-electron chi connectivity index (χ0n) is 14.6. The van der Waals surface area contributed by atoms with E-state index in [0.717, 1.165) is 29.8 Å². The fourth-order valence-corrected chi connectivity index (χ4v) is 2.81. The molecule has 0 aliphatic heterocycles. The number of carbonyl (C=O) groups is 1. The second-order valence-corrected chi connectivity index (χ2v) is 6.35. The van der Waals surface area contributed by atoms with Gasteiger partial charge in [0.25, 0.3) is 0 Å². The molecule has 1 aromatic carbocycles. The van der Waals surface area contributed by atoms with Crippen molar-refractivity contribution in [1.29, 1.82) is 0 Å². The van der Waals surface area contributed by atoms with Crippen molar-refractivity contribution in [2.75, 3.05) is 0 Å². The minimum absolute atomic E-state index is 0.0912. The number of nitrogens with zero attached hydrogens (tertiary/aromatic N) is 5. The van der Waals surface area contributed by atoms with E-state index in [0.29, 0.717) is 17.9 Å². The number of H-pyrrole nitrogens is 1. The molecule has 0 unspecified atom stereocenters. The first-order chi connectivity index (χ1) is 12.7. The van der Waals surface area contributed by atoms with Gasteiger partial charge < -0.3 is 5.32 Å². The summed E-state index contributed by atoms with van der Waals surface area (Å²) in [5.41, 5.74) is 2.16. The van der Waals surface area contributed by atoms with E-state index in [9.17, 15) is 4.79 Å². The second kappa shape index (κ2) is 8.52. The molecule has 0 atom stereocenters. The second-order valence-electron chi connectivity index (χ2n) is 5.97. The highest BCUT2D eigenvalue weighted by atomic mass is 32.1. The van der Waals surface area contributed by atoms with Gasteiger partial charge in [-0.3, -0.25) is 14.5 Å².